The van der Waals surface area contributed by atoms with Crippen LogP contribution in [0.5, 0.6) is 5.88 Å². The molecule has 1 unspecified atom stereocenters. The van der Waals surface area contributed by atoms with Crippen molar-refractivity contribution in [3.8, 4) is 22.7 Å². The van der Waals surface area contributed by atoms with E-state index >= 15 is 0 Å². The summed E-state index contributed by atoms with van der Waals surface area (Å²) in [6, 6.07) is 20.5. The molecule has 0 saturated carbocycles. The van der Waals surface area contributed by atoms with Crippen molar-refractivity contribution >= 4 is 23.5 Å². The first-order valence-electron chi connectivity index (χ1n) is 9.99. The Hall–Kier alpha value is -4.17. The van der Waals surface area contributed by atoms with Crippen molar-refractivity contribution in [3.05, 3.63) is 95.4 Å². The summed E-state index contributed by atoms with van der Waals surface area (Å²) in [6.45, 7) is 0. The van der Waals surface area contributed by atoms with Crippen LogP contribution in [0.2, 0.25) is 5.15 Å². The van der Waals surface area contributed by atoms with Gasteiger partial charge in [0.1, 0.15) is 5.15 Å². The van der Waals surface area contributed by atoms with E-state index in [9.17, 15) is 19.8 Å². The zero-order valence-electron chi connectivity index (χ0n) is 17.2. The Labute approximate surface area is 194 Å². The maximum atomic E-state index is 12.8. The number of halogens is 1. The highest BCUT2D eigenvalue weighted by molar-refractivity contribution is 6.29. The zero-order valence-corrected chi connectivity index (χ0v) is 18.0. The van der Waals surface area contributed by atoms with Crippen LogP contribution in [0.15, 0.2) is 79.0 Å². The van der Waals surface area contributed by atoms with Gasteiger partial charge < -0.3 is 15.5 Å². The molecule has 0 aliphatic heterocycles. The highest BCUT2D eigenvalue weighted by atomic mass is 35.5. The highest BCUT2D eigenvalue weighted by Gasteiger charge is 2.22. The number of carboxylic acids is 1. The van der Waals surface area contributed by atoms with Gasteiger partial charge in [-0.3, -0.25) is 9.59 Å². The Bertz CT molecular complexity index is 1290. The first-order valence-corrected chi connectivity index (χ1v) is 10.4. The zero-order chi connectivity index (χ0) is 23.4. The van der Waals surface area contributed by atoms with E-state index < -0.39 is 17.9 Å². The van der Waals surface area contributed by atoms with Gasteiger partial charge in [-0.25, -0.2) is 9.67 Å². The van der Waals surface area contributed by atoms with Crippen molar-refractivity contribution in [1.82, 2.24) is 20.1 Å². The van der Waals surface area contributed by atoms with Crippen LogP contribution in [0.25, 0.3) is 16.8 Å². The normalized spacial score (nSPS) is 11.7. The number of hydrogen-bond donors (Lipinski definition) is 3. The second-order valence-corrected chi connectivity index (χ2v) is 7.64. The predicted octanol–water partition coefficient (Wildman–Crippen LogP) is 4.24. The maximum Gasteiger partial charge on any atom is 0.305 e. The van der Waals surface area contributed by atoms with E-state index in [1.807, 2.05) is 42.5 Å². The minimum atomic E-state index is -1.06. The van der Waals surface area contributed by atoms with Gasteiger partial charge in [0, 0.05) is 18.3 Å². The largest absolute Gasteiger partial charge is 0.493 e. The lowest BCUT2D eigenvalue weighted by atomic mass is 9.99. The van der Waals surface area contributed by atoms with Gasteiger partial charge in [0.15, 0.2) is 5.69 Å². The van der Waals surface area contributed by atoms with Gasteiger partial charge >= 0.3 is 5.97 Å². The molecule has 3 N–H and O–H groups in total. The number of nitrogens with one attached hydrogen (secondary N) is 1. The molecule has 9 heteroatoms. The number of benzene rings is 2. The third kappa shape index (κ3) is 5.19. The molecular weight excluding hydrogens is 444 g/mol. The van der Waals surface area contributed by atoms with Gasteiger partial charge in [0.25, 0.3) is 5.91 Å². The first-order chi connectivity index (χ1) is 15.9. The van der Waals surface area contributed by atoms with Crippen molar-refractivity contribution in [3.63, 3.8) is 0 Å². The van der Waals surface area contributed by atoms with Crippen LogP contribution in [0.1, 0.15) is 28.5 Å². The van der Waals surface area contributed by atoms with Crippen molar-refractivity contribution in [2.75, 3.05) is 0 Å². The molecule has 0 aliphatic carbocycles. The number of aromatic hydroxyl groups is 1. The third-order valence-corrected chi connectivity index (χ3v) is 5.19. The number of rotatable bonds is 7. The van der Waals surface area contributed by atoms with E-state index in [-0.39, 0.29) is 23.1 Å². The summed E-state index contributed by atoms with van der Waals surface area (Å²) in [5.41, 5.74) is 2.98. The molecule has 4 rings (SSSR count). The van der Waals surface area contributed by atoms with Crippen molar-refractivity contribution in [2.45, 2.75) is 12.5 Å². The number of carbonyl (C=O) groups excluding carboxylic acids is 1. The summed E-state index contributed by atoms with van der Waals surface area (Å²) in [4.78, 5) is 28.1. The van der Waals surface area contributed by atoms with E-state index in [4.69, 9.17) is 11.6 Å². The van der Waals surface area contributed by atoms with E-state index in [0.29, 0.717) is 11.3 Å². The van der Waals surface area contributed by atoms with Gasteiger partial charge in [-0.2, -0.15) is 5.10 Å². The lowest BCUT2D eigenvalue weighted by Crippen LogP contribution is -2.30. The summed E-state index contributed by atoms with van der Waals surface area (Å²) in [5, 5.41) is 26.6. The predicted molar refractivity (Wildman–Crippen MR) is 122 cm³/mol. The fourth-order valence-corrected chi connectivity index (χ4v) is 3.56. The van der Waals surface area contributed by atoms with Gasteiger partial charge in [0.05, 0.1) is 18.2 Å². The molecule has 0 fully saturated rings. The number of aromatic nitrogens is 3. The standard InChI is InChI=1S/C24H19ClN4O4/c25-21-12-18(10-11-26-21)29-22(30)13-20(28-29)24(33)27-19(14-23(31)32)17-8-6-16(7-9-17)15-4-2-1-3-5-15/h1-13,19,30H,14H2,(H,27,33)(H,31,32). The molecule has 4 aromatic rings. The van der Waals surface area contributed by atoms with Crippen molar-refractivity contribution in [1.29, 1.82) is 0 Å². The minimum absolute atomic E-state index is 0.0725. The smallest absolute Gasteiger partial charge is 0.305 e. The third-order valence-electron chi connectivity index (χ3n) is 4.98. The van der Waals surface area contributed by atoms with Crippen molar-refractivity contribution < 1.29 is 19.8 Å². The molecule has 33 heavy (non-hydrogen) atoms. The van der Waals surface area contributed by atoms with Crippen molar-refractivity contribution in [2.24, 2.45) is 0 Å². The second-order valence-electron chi connectivity index (χ2n) is 7.25. The Morgan fingerprint density at radius 1 is 1.00 bits per heavy atom. The quantitative estimate of drug-likeness (QED) is 0.354. The van der Waals surface area contributed by atoms with Gasteiger partial charge in [-0.1, -0.05) is 66.2 Å². The number of nitrogens with zero attached hydrogens (tertiary/aromatic N) is 3. The first kappa shape index (κ1) is 22.0. The Morgan fingerprint density at radius 3 is 2.36 bits per heavy atom. The van der Waals surface area contributed by atoms with Gasteiger partial charge in [-0.05, 0) is 22.8 Å². The van der Waals surface area contributed by atoms with Gasteiger partial charge in [-0.15, -0.1) is 0 Å². The van der Waals surface area contributed by atoms with Crippen LogP contribution in [-0.4, -0.2) is 36.9 Å². The van der Waals surface area contributed by atoms with Crippen LogP contribution in [-0.2, 0) is 4.79 Å². The van der Waals surface area contributed by atoms with Crippen LogP contribution in [0.3, 0.4) is 0 Å². The molecule has 166 valence electrons. The topological polar surface area (TPSA) is 117 Å². The molecule has 0 spiro atoms. The lowest BCUT2D eigenvalue weighted by molar-refractivity contribution is -0.137. The molecule has 0 radical (unpaired) electrons. The summed E-state index contributed by atoms with van der Waals surface area (Å²) < 4.78 is 1.14. The molecule has 2 aromatic carbocycles. The highest BCUT2D eigenvalue weighted by Crippen LogP contribution is 2.25. The number of aliphatic carboxylic acids is 1. The Morgan fingerprint density at radius 2 is 1.70 bits per heavy atom. The molecule has 2 heterocycles. The molecule has 1 amide bonds. The number of carbonyl (C=O) groups is 2. The van der Waals surface area contributed by atoms with Crippen LogP contribution < -0.4 is 5.32 Å². The lowest BCUT2D eigenvalue weighted by Gasteiger charge is -2.17. The minimum Gasteiger partial charge on any atom is -0.493 e. The molecular formula is C24H19ClN4O4. The summed E-state index contributed by atoms with van der Waals surface area (Å²) >= 11 is 5.88. The number of amides is 1. The number of pyridine rings is 1. The SMILES string of the molecule is O=C(O)CC(NC(=O)c1cc(O)n(-c2ccnc(Cl)c2)n1)c1ccc(-c2ccccc2)cc1. The average molecular weight is 463 g/mol. The van der Waals surface area contributed by atoms with Crippen LogP contribution >= 0.6 is 11.6 Å². The molecule has 1 atom stereocenters. The van der Waals surface area contributed by atoms with E-state index in [1.54, 1.807) is 18.2 Å². The summed E-state index contributed by atoms with van der Waals surface area (Å²) in [6.07, 6.45) is 1.13. The Balaban J connectivity index is 1.56. The van der Waals surface area contributed by atoms with E-state index in [2.05, 4.69) is 15.4 Å². The average Bonchev–Trinajstić information content (AvgIpc) is 3.21. The summed E-state index contributed by atoms with van der Waals surface area (Å²) in [7, 11) is 0. The number of hydrogen-bond acceptors (Lipinski definition) is 5. The van der Waals surface area contributed by atoms with Gasteiger partial charge in [0.2, 0.25) is 5.88 Å². The van der Waals surface area contributed by atoms with E-state index in [1.165, 1.54) is 18.3 Å². The maximum absolute atomic E-state index is 12.8. The molecule has 0 bridgehead atoms. The molecule has 2 aromatic heterocycles. The second kappa shape index (κ2) is 9.54. The fraction of sp³-hybridized carbons (Fsp3) is 0.0833. The molecule has 0 saturated heterocycles. The number of carboxylic acid groups (broad SMARTS) is 1. The fourth-order valence-electron chi connectivity index (χ4n) is 3.39. The molecule has 8 nitrogen and oxygen atoms in total. The Kier molecular flexibility index (Phi) is 6.37. The van der Waals surface area contributed by atoms with E-state index in [0.717, 1.165) is 15.8 Å². The summed E-state index contributed by atoms with van der Waals surface area (Å²) in [5.74, 6) is -1.96. The monoisotopic (exact) mass is 462 g/mol. The molecule has 0 aliphatic rings. The van der Waals surface area contributed by atoms with Crippen LogP contribution in [0, 0.1) is 0 Å². The van der Waals surface area contributed by atoms with Crippen LogP contribution in [0.4, 0.5) is 0 Å².